The number of anilines is 2. The van der Waals surface area contributed by atoms with Gasteiger partial charge >= 0.3 is 0 Å². The highest BCUT2D eigenvalue weighted by Crippen LogP contribution is 2.49. The van der Waals surface area contributed by atoms with Crippen molar-refractivity contribution in [3.63, 3.8) is 0 Å². The molecule has 1 saturated carbocycles. The summed E-state index contributed by atoms with van der Waals surface area (Å²) in [6, 6.07) is 0.0705. The van der Waals surface area contributed by atoms with Crippen LogP contribution in [0.2, 0.25) is 0 Å². The van der Waals surface area contributed by atoms with Crippen LogP contribution in [0.1, 0.15) is 43.5 Å². The standard InChI is InChI=1S/C14H24N4O2S/c1-9(2)17-12(19)10-11(15)18-21-13(10)16-8-14(4-5-14)6-7-20-3/h9,16H,4-8H2,1-3H3,(H2,15,18)(H,17,19). The molecule has 0 atom stereocenters. The molecule has 2 rings (SSSR count). The Morgan fingerprint density at radius 1 is 1.52 bits per heavy atom. The zero-order valence-electron chi connectivity index (χ0n) is 12.9. The fourth-order valence-corrected chi connectivity index (χ4v) is 2.96. The van der Waals surface area contributed by atoms with Crippen LogP contribution in [-0.4, -0.2) is 36.6 Å². The third-order valence-electron chi connectivity index (χ3n) is 3.78. The van der Waals surface area contributed by atoms with Crippen molar-refractivity contribution in [1.82, 2.24) is 9.69 Å². The van der Waals surface area contributed by atoms with Gasteiger partial charge in [-0.1, -0.05) is 0 Å². The van der Waals surface area contributed by atoms with E-state index in [0.717, 1.165) is 24.6 Å². The average molecular weight is 312 g/mol. The minimum atomic E-state index is -0.166. The maximum atomic E-state index is 12.2. The predicted octanol–water partition coefficient (Wildman–Crippen LogP) is 2.09. The van der Waals surface area contributed by atoms with E-state index in [1.54, 1.807) is 7.11 Å². The van der Waals surface area contributed by atoms with Crippen LogP contribution < -0.4 is 16.4 Å². The summed E-state index contributed by atoms with van der Waals surface area (Å²) in [5.41, 5.74) is 6.61. The Morgan fingerprint density at radius 3 is 2.81 bits per heavy atom. The molecule has 0 radical (unpaired) electrons. The summed E-state index contributed by atoms with van der Waals surface area (Å²) < 4.78 is 9.26. The van der Waals surface area contributed by atoms with E-state index < -0.39 is 0 Å². The molecule has 1 aliphatic carbocycles. The molecule has 1 aromatic rings. The van der Waals surface area contributed by atoms with Crippen molar-refractivity contribution in [2.45, 2.75) is 39.2 Å². The minimum Gasteiger partial charge on any atom is -0.385 e. The van der Waals surface area contributed by atoms with Crippen LogP contribution in [0, 0.1) is 5.41 Å². The van der Waals surface area contributed by atoms with Crippen LogP contribution in [-0.2, 0) is 4.74 Å². The van der Waals surface area contributed by atoms with Crippen LogP contribution in [0.5, 0.6) is 0 Å². The number of amides is 1. The van der Waals surface area contributed by atoms with Gasteiger partial charge in [-0.3, -0.25) is 4.79 Å². The summed E-state index contributed by atoms with van der Waals surface area (Å²) in [7, 11) is 1.72. The molecule has 0 spiro atoms. The largest absolute Gasteiger partial charge is 0.385 e. The molecular formula is C14H24N4O2S. The van der Waals surface area contributed by atoms with Gasteiger partial charge in [-0.25, -0.2) is 0 Å². The zero-order chi connectivity index (χ0) is 15.5. The van der Waals surface area contributed by atoms with Gasteiger partial charge < -0.3 is 21.1 Å². The molecule has 0 aromatic carbocycles. The maximum Gasteiger partial charge on any atom is 0.258 e. The number of nitrogens with zero attached hydrogens (tertiary/aromatic N) is 1. The van der Waals surface area contributed by atoms with E-state index in [1.165, 1.54) is 24.4 Å². The zero-order valence-corrected chi connectivity index (χ0v) is 13.7. The lowest BCUT2D eigenvalue weighted by atomic mass is 10.0. The number of carbonyl (C=O) groups excluding carboxylic acids is 1. The molecule has 0 aliphatic heterocycles. The van der Waals surface area contributed by atoms with E-state index >= 15 is 0 Å². The second-order valence-electron chi connectivity index (χ2n) is 6.00. The first-order valence-corrected chi connectivity index (χ1v) is 8.03. The topological polar surface area (TPSA) is 89.3 Å². The van der Waals surface area contributed by atoms with Crippen molar-refractivity contribution in [3.8, 4) is 0 Å². The first kappa shape index (κ1) is 16.0. The molecule has 1 amide bonds. The highest BCUT2D eigenvalue weighted by atomic mass is 32.1. The van der Waals surface area contributed by atoms with Crippen molar-refractivity contribution in [2.75, 3.05) is 31.3 Å². The first-order chi connectivity index (χ1) is 9.97. The number of hydrogen-bond donors (Lipinski definition) is 3. The van der Waals surface area contributed by atoms with Crippen LogP contribution >= 0.6 is 11.5 Å². The number of nitrogens with two attached hydrogens (primary N) is 1. The van der Waals surface area contributed by atoms with Gasteiger partial charge in [0.2, 0.25) is 0 Å². The molecule has 1 heterocycles. The summed E-state index contributed by atoms with van der Waals surface area (Å²) in [5.74, 6) is 0.128. The van der Waals surface area contributed by atoms with Crippen LogP contribution in [0.4, 0.5) is 10.8 Å². The molecule has 1 aromatic heterocycles. The van der Waals surface area contributed by atoms with E-state index in [-0.39, 0.29) is 11.9 Å². The van der Waals surface area contributed by atoms with Crippen molar-refractivity contribution in [2.24, 2.45) is 5.41 Å². The number of aromatic nitrogens is 1. The minimum absolute atomic E-state index is 0.0705. The van der Waals surface area contributed by atoms with Gasteiger partial charge in [-0.15, -0.1) is 0 Å². The summed E-state index contributed by atoms with van der Waals surface area (Å²) in [6.07, 6.45) is 3.44. The van der Waals surface area contributed by atoms with Crippen molar-refractivity contribution in [1.29, 1.82) is 0 Å². The predicted molar refractivity (Wildman–Crippen MR) is 85.8 cm³/mol. The van der Waals surface area contributed by atoms with Gasteiger partial charge in [0.15, 0.2) is 5.82 Å². The molecule has 0 saturated heterocycles. The fraction of sp³-hybridized carbons (Fsp3) is 0.714. The summed E-state index contributed by atoms with van der Waals surface area (Å²) >= 11 is 1.25. The Bertz CT molecular complexity index is 497. The Kier molecular flexibility index (Phi) is 5.05. The number of nitrogen functional groups attached to an aromatic ring is 1. The van der Waals surface area contributed by atoms with Crippen molar-refractivity contribution < 1.29 is 9.53 Å². The van der Waals surface area contributed by atoms with Gasteiger partial charge in [0.25, 0.3) is 5.91 Å². The van der Waals surface area contributed by atoms with Gasteiger partial charge in [-0.05, 0) is 50.1 Å². The second-order valence-corrected chi connectivity index (χ2v) is 6.77. The van der Waals surface area contributed by atoms with Gasteiger partial charge in [0.1, 0.15) is 10.6 Å². The number of carbonyl (C=O) groups is 1. The highest BCUT2D eigenvalue weighted by Gasteiger charge is 2.42. The number of nitrogens with one attached hydrogen (secondary N) is 2. The summed E-state index contributed by atoms with van der Waals surface area (Å²) in [6.45, 7) is 5.45. The van der Waals surface area contributed by atoms with Gasteiger partial charge in [-0.2, -0.15) is 4.37 Å². The molecule has 0 bridgehead atoms. The third-order valence-corrected chi connectivity index (χ3v) is 4.60. The lowest BCUT2D eigenvalue weighted by molar-refractivity contribution is 0.0945. The molecule has 118 valence electrons. The quantitative estimate of drug-likeness (QED) is 0.684. The summed E-state index contributed by atoms with van der Waals surface area (Å²) in [4.78, 5) is 12.2. The fourth-order valence-electron chi connectivity index (χ4n) is 2.26. The molecule has 21 heavy (non-hydrogen) atoms. The number of ether oxygens (including phenoxy) is 1. The molecule has 4 N–H and O–H groups in total. The van der Waals surface area contributed by atoms with Gasteiger partial charge in [0.05, 0.1) is 0 Å². The van der Waals surface area contributed by atoms with Gasteiger partial charge in [0, 0.05) is 26.3 Å². The molecule has 1 aliphatic rings. The summed E-state index contributed by atoms with van der Waals surface area (Å²) in [5, 5.41) is 6.98. The van der Waals surface area contributed by atoms with E-state index in [9.17, 15) is 4.79 Å². The number of hydrogen-bond acceptors (Lipinski definition) is 6. The Balaban J connectivity index is 1.99. The normalized spacial score (nSPS) is 16.0. The second kappa shape index (κ2) is 6.62. The molecule has 0 unspecified atom stereocenters. The highest BCUT2D eigenvalue weighted by molar-refractivity contribution is 7.11. The molecule has 6 nitrogen and oxygen atoms in total. The monoisotopic (exact) mass is 312 g/mol. The van der Waals surface area contributed by atoms with E-state index in [1.807, 2.05) is 13.8 Å². The lowest BCUT2D eigenvalue weighted by Gasteiger charge is -2.16. The average Bonchev–Trinajstić information content (AvgIpc) is 3.09. The molecule has 7 heteroatoms. The lowest BCUT2D eigenvalue weighted by Crippen LogP contribution is -2.31. The molecule has 1 fully saturated rings. The van der Waals surface area contributed by atoms with Crippen LogP contribution in [0.15, 0.2) is 0 Å². The Morgan fingerprint density at radius 2 is 2.24 bits per heavy atom. The van der Waals surface area contributed by atoms with E-state index in [0.29, 0.717) is 16.8 Å². The first-order valence-electron chi connectivity index (χ1n) is 7.26. The van der Waals surface area contributed by atoms with Crippen LogP contribution in [0.25, 0.3) is 0 Å². The Hall–Kier alpha value is -1.34. The van der Waals surface area contributed by atoms with E-state index in [2.05, 4.69) is 15.0 Å². The van der Waals surface area contributed by atoms with E-state index in [4.69, 9.17) is 10.5 Å². The maximum absolute atomic E-state index is 12.2. The van der Waals surface area contributed by atoms with Crippen molar-refractivity contribution >= 4 is 28.3 Å². The molecular weight excluding hydrogens is 288 g/mol. The SMILES string of the molecule is COCCC1(CNc2snc(N)c2C(=O)NC(C)C)CC1. The third kappa shape index (κ3) is 4.07. The number of rotatable bonds is 8. The van der Waals surface area contributed by atoms with Crippen molar-refractivity contribution in [3.05, 3.63) is 5.56 Å². The van der Waals surface area contributed by atoms with Crippen LogP contribution in [0.3, 0.4) is 0 Å². The Labute approximate surface area is 129 Å². The number of methoxy groups -OCH3 is 1. The smallest absolute Gasteiger partial charge is 0.258 e.